The van der Waals surface area contributed by atoms with E-state index >= 15 is 0 Å². The van der Waals surface area contributed by atoms with Gasteiger partial charge in [-0.05, 0) is 80.1 Å². The lowest BCUT2D eigenvalue weighted by molar-refractivity contribution is -0.255. The number of amides is 1. The SMILES string of the molecule is C=CCOC12Oc3ccc(O)cc3C3C(CCCCO)C(CCCCO)C=C(C(=NOCC)CC1N(CCC)C(=O)OCC(C)(C)C)C32. The van der Waals surface area contributed by atoms with Crippen molar-refractivity contribution in [3.05, 3.63) is 48.1 Å². The van der Waals surface area contributed by atoms with E-state index in [0.717, 1.165) is 42.5 Å². The van der Waals surface area contributed by atoms with Gasteiger partial charge >= 0.3 is 6.09 Å². The second kappa shape index (κ2) is 17.0. The highest BCUT2D eigenvalue weighted by molar-refractivity contribution is 6.02. The molecule has 0 spiro atoms. The Labute approximate surface area is 286 Å². The van der Waals surface area contributed by atoms with Gasteiger partial charge in [0.25, 0.3) is 0 Å². The molecular formula is C38H58N2O8. The fourth-order valence-electron chi connectivity index (χ4n) is 7.78. The van der Waals surface area contributed by atoms with Gasteiger partial charge in [-0.3, -0.25) is 4.90 Å². The molecule has 3 N–H and O–H groups in total. The Morgan fingerprint density at radius 1 is 1.15 bits per heavy atom. The summed E-state index contributed by atoms with van der Waals surface area (Å²) in [7, 11) is 0. The molecule has 0 bridgehead atoms. The number of ether oxygens (including phenoxy) is 3. The molecule has 1 saturated carbocycles. The quantitative estimate of drug-likeness (QED) is 0.0924. The van der Waals surface area contributed by atoms with Crippen LogP contribution in [0, 0.1) is 23.2 Å². The number of unbranched alkanes of at least 4 members (excludes halogenated alkanes) is 2. The summed E-state index contributed by atoms with van der Waals surface area (Å²) in [6.07, 6.45) is 9.33. The molecule has 6 atom stereocenters. The fraction of sp³-hybridized carbons (Fsp3) is 0.684. The van der Waals surface area contributed by atoms with E-state index in [1.165, 1.54) is 0 Å². The lowest BCUT2D eigenvalue weighted by Crippen LogP contribution is -2.70. The minimum atomic E-state index is -1.33. The van der Waals surface area contributed by atoms with Crippen LogP contribution in [0.1, 0.15) is 97.5 Å². The molecule has 0 saturated heterocycles. The summed E-state index contributed by atoms with van der Waals surface area (Å²) in [5.41, 5.74) is 2.37. The van der Waals surface area contributed by atoms with Crippen LogP contribution in [-0.2, 0) is 14.3 Å². The number of aliphatic hydroxyl groups is 2. The number of carbonyl (C=O) groups is 1. The third-order valence-corrected chi connectivity index (χ3v) is 9.66. The Kier molecular flexibility index (Phi) is 13.4. The number of phenols is 1. The maximum absolute atomic E-state index is 14.1. The number of aromatic hydroxyl groups is 1. The predicted octanol–water partition coefficient (Wildman–Crippen LogP) is 6.94. The van der Waals surface area contributed by atoms with Crippen LogP contribution in [0.4, 0.5) is 4.79 Å². The van der Waals surface area contributed by atoms with Crippen molar-refractivity contribution < 1.29 is 39.2 Å². The molecule has 48 heavy (non-hydrogen) atoms. The van der Waals surface area contributed by atoms with E-state index in [0.29, 0.717) is 44.6 Å². The third kappa shape index (κ3) is 8.37. The third-order valence-electron chi connectivity index (χ3n) is 9.66. The number of rotatable bonds is 17. The molecule has 1 heterocycles. The van der Waals surface area contributed by atoms with E-state index in [1.807, 2.05) is 34.6 Å². The Morgan fingerprint density at radius 3 is 2.52 bits per heavy atom. The summed E-state index contributed by atoms with van der Waals surface area (Å²) in [4.78, 5) is 21.6. The van der Waals surface area contributed by atoms with Crippen LogP contribution in [0.5, 0.6) is 11.5 Å². The van der Waals surface area contributed by atoms with E-state index in [2.05, 4.69) is 17.8 Å². The molecule has 1 amide bonds. The van der Waals surface area contributed by atoms with Gasteiger partial charge < -0.3 is 34.4 Å². The van der Waals surface area contributed by atoms with Crippen molar-refractivity contribution in [1.82, 2.24) is 4.90 Å². The molecule has 6 unspecified atom stereocenters. The maximum atomic E-state index is 14.1. The second-order valence-electron chi connectivity index (χ2n) is 14.5. The van der Waals surface area contributed by atoms with Crippen LogP contribution in [0.3, 0.4) is 0 Å². The van der Waals surface area contributed by atoms with Crippen LogP contribution >= 0.6 is 0 Å². The first kappa shape index (κ1) is 37.7. The van der Waals surface area contributed by atoms with Gasteiger partial charge in [0.15, 0.2) is 0 Å². The van der Waals surface area contributed by atoms with Crippen LogP contribution in [0.25, 0.3) is 0 Å². The van der Waals surface area contributed by atoms with E-state index in [4.69, 9.17) is 19.0 Å². The highest BCUT2D eigenvalue weighted by atomic mass is 16.7. The van der Waals surface area contributed by atoms with Crippen molar-refractivity contribution in [3.63, 3.8) is 0 Å². The summed E-state index contributed by atoms with van der Waals surface area (Å²) in [6.45, 7) is 15.4. The highest BCUT2D eigenvalue weighted by Gasteiger charge is 2.65. The van der Waals surface area contributed by atoms with Gasteiger partial charge in [-0.15, -0.1) is 6.58 Å². The number of phenolic OH excluding ortho intramolecular Hbond substituents is 1. The normalized spacial score (nSPS) is 26.9. The number of aliphatic hydroxyl groups excluding tert-OH is 2. The summed E-state index contributed by atoms with van der Waals surface area (Å²) in [6, 6.07) is 4.60. The molecule has 3 aliphatic rings. The molecule has 1 aromatic carbocycles. The number of hydrogen-bond donors (Lipinski definition) is 3. The lowest BCUT2D eigenvalue weighted by atomic mass is 9.55. The average Bonchev–Trinajstić information content (AvgIpc) is 3.05. The van der Waals surface area contributed by atoms with Crippen molar-refractivity contribution >= 4 is 11.8 Å². The zero-order valence-electron chi connectivity index (χ0n) is 29.7. The van der Waals surface area contributed by atoms with E-state index in [1.54, 1.807) is 29.2 Å². The Bertz CT molecular complexity index is 1290. The van der Waals surface area contributed by atoms with E-state index in [-0.39, 0.29) is 55.3 Å². The lowest BCUT2D eigenvalue weighted by Gasteiger charge is -2.59. The monoisotopic (exact) mass is 670 g/mol. The summed E-state index contributed by atoms with van der Waals surface area (Å²) in [5, 5.41) is 34.9. The Morgan fingerprint density at radius 2 is 1.88 bits per heavy atom. The summed E-state index contributed by atoms with van der Waals surface area (Å²) >= 11 is 0. The van der Waals surface area contributed by atoms with Crippen LogP contribution in [-0.4, -0.2) is 83.4 Å². The molecule has 1 aromatic rings. The first-order chi connectivity index (χ1) is 23.0. The van der Waals surface area contributed by atoms with E-state index < -0.39 is 23.8 Å². The molecule has 10 heteroatoms. The number of fused-ring (bicyclic) bond motifs is 2. The van der Waals surface area contributed by atoms with E-state index in [9.17, 15) is 20.1 Å². The minimum Gasteiger partial charge on any atom is -0.508 e. The van der Waals surface area contributed by atoms with Gasteiger partial charge in [0.1, 0.15) is 24.1 Å². The summed E-state index contributed by atoms with van der Waals surface area (Å²) in [5.74, 6) is -0.937. The zero-order chi connectivity index (χ0) is 34.9. The van der Waals surface area contributed by atoms with Gasteiger partial charge in [-0.1, -0.05) is 57.8 Å². The van der Waals surface area contributed by atoms with Gasteiger partial charge in [-0.2, -0.15) is 0 Å². The van der Waals surface area contributed by atoms with Crippen LogP contribution in [0.15, 0.2) is 47.7 Å². The Balaban J connectivity index is 1.99. The van der Waals surface area contributed by atoms with Gasteiger partial charge in [0, 0.05) is 37.7 Å². The van der Waals surface area contributed by atoms with Crippen molar-refractivity contribution in [2.45, 2.75) is 104 Å². The number of carbonyl (C=O) groups excluding carboxylic acids is 1. The van der Waals surface area contributed by atoms with Crippen molar-refractivity contribution in [1.29, 1.82) is 0 Å². The molecule has 0 aromatic heterocycles. The number of allylic oxidation sites excluding steroid dienone is 1. The van der Waals surface area contributed by atoms with Crippen LogP contribution < -0.4 is 4.74 Å². The van der Waals surface area contributed by atoms with Gasteiger partial charge in [0.05, 0.1) is 24.8 Å². The number of nitrogens with zero attached hydrogens (tertiary/aromatic N) is 2. The fourth-order valence-corrected chi connectivity index (χ4v) is 7.78. The summed E-state index contributed by atoms with van der Waals surface area (Å²) < 4.78 is 19.9. The van der Waals surface area contributed by atoms with Crippen molar-refractivity contribution in [3.8, 4) is 11.5 Å². The number of benzene rings is 1. The predicted molar refractivity (Wildman–Crippen MR) is 186 cm³/mol. The smallest absolute Gasteiger partial charge is 0.410 e. The maximum Gasteiger partial charge on any atom is 0.410 e. The molecule has 1 fully saturated rings. The average molecular weight is 671 g/mol. The molecule has 10 nitrogen and oxygen atoms in total. The zero-order valence-corrected chi connectivity index (χ0v) is 29.7. The molecular weight excluding hydrogens is 612 g/mol. The molecule has 1 aliphatic heterocycles. The second-order valence-corrected chi connectivity index (χ2v) is 14.5. The first-order valence-corrected chi connectivity index (χ1v) is 17.9. The molecule has 0 radical (unpaired) electrons. The first-order valence-electron chi connectivity index (χ1n) is 17.9. The van der Waals surface area contributed by atoms with Crippen molar-refractivity contribution in [2.75, 3.05) is 39.6 Å². The van der Waals surface area contributed by atoms with Gasteiger partial charge in [0.2, 0.25) is 5.79 Å². The molecule has 2 aliphatic carbocycles. The minimum absolute atomic E-state index is 0.0970. The van der Waals surface area contributed by atoms with Gasteiger partial charge in [-0.25, -0.2) is 4.79 Å². The number of hydrogen-bond acceptors (Lipinski definition) is 9. The largest absolute Gasteiger partial charge is 0.508 e. The topological polar surface area (TPSA) is 130 Å². The highest BCUT2D eigenvalue weighted by Crippen LogP contribution is 2.61. The standard InChI is InChI=1S/C38H58N2O8/c1-7-18-40(36(44)45-25-37(4,5)6)33-24-31(39-47-9-3)29-22-26(14-10-12-19-41)28(15-11-13-20-42)34-30-23-27(43)16-17-32(30)48-38(33,35(29)34)46-21-8-2/h8,16-17,22-23,26,28,33-35,41-43H,2,7,9-15,18-21,24-25H2,1,3-6H3. The van der Waals surface area contributed by atoms with Crippen LogP contribution in [0.2, 0.25) is 0 Å². The molecule has 4 rings (SSSR count). The van der Waals surface area contributed by atoms with Crippen molar-refractivity contribution in [2.24, 2.45) is 28.3 Å². The number of oxime groups is 1. The molecule has 268 valence electrons. The Hall–Kier alpha value is -3.08.